The van der Waals surface area contributed by atoms with Crippen molar-refractivity contribution >= 4 is 44.9 Å². The third-order valence-corrected chi connectivity index (χ3v) is 4.64. The summed E-state index contributed by atoms with van der Waals surface area (Å²) in [6.07, 6.45) is 1.67. The number of hydrogen-bond donors (Lipinski definition) is 0. The smallest absolute Gasteiger partial charge is 0.197 e. The van der Waals surface area contributed by atoms with E-state index in [1.807, 2.05) is 29.8 Å². The van der Waals surface area contributed by atoms with Crippen LogP contribution in [0.3, 0.4) is 0 Å². The van der Waals surface area contributed by atoms with Gasteiger partial charge in [-0.25, -0.2) is 4.98 Å². The van der Waals surface area contributed by atoms with Gasteiger partial charge >= 0.3 is 0 Å². The molecule has 7 heteroatoms. The highest BCUT2D eigenvalue weighted by molar-refractivity contribution is 8.01. The average molecular weight is 283 g/mol. The first kappa shape index (κ1) is 11.0. The van der Waals surface area contributed by atoms with E-state index in [2.05, 4.69) is 15.2 Å². The monoisotopic (exact) mass is 282 g/mol. The van der Waals surface area contributed by atoms with E-state index in [1.165, 1.54) is 11.8 Å². The molecule has 2 aromatic heterocycles. The number of benzene rings is 1. The molecule has 0 spiro atoms. The molecule has 0 bridgehead atoms. The van der Waals surface area contributed by atoms with Crippen LogP contribution in [0.25, 0.3) is 10.2 Å². The summed E-state index contributed by atoms with van der Waals surface area (Å²) in [5.41, 5.74) is 0.851. The standard InChI is InChI=1S/C10H7ClN4S2/c1-15-5-12-14-9(15)17-10-13-8-6(11)3-2-4-7(8)16-10/h2-5H,1H3. The third kappa shape index (κ3) is 2.03. The summed E-state index contributed by atoms with van der Waals surface area (Å²) in [5, 5.41) is 9.35. The highest BCUT2D eigenvalue weighted by Gasteiger charge is 2.10. The van der Waals surface area contributed by atoms with Gasteiger partial charge in [0.1, 0.15) is 11.8 Å². The van der Waals surface area contributed by atoms with E-state index in [0.717, 1.165) is 19.7 Å². The molecule has 0 aliphatic carbocycles. The van der Waals surface area contributed by atoms with Crippen LogP contribution in [0.5, 0.6) is 0 Å². The van der Waals surface area contributed by atoms with Crippen molar-refractivity contribution in [2.45, 2.75) is 9.50 Å². The Balaban J connectivity index is 2.02. The van der Waals surface area contributed by atoms with Gasteiger partial charge in [-0.1, -0.05) is 17.7 Å². The van der Waals surface area contributed by atoms with Gasteiger partial charge in [0.2, 0.25) is 0 Å². The summed E-state index contributed by atoms with van der Waals surface area (Å²) >= 11 is 9.18. The molecule has 4 nitrogen and oxygen atoms in total. The number of aryl methyl sites for hydroxylation is 1. The lowest BCUT2D eigenvalue weighted by molar-refractivity contribution is 0.788. The maximum Gasteiger partial charge on any atom is 0.197 e. The van der Waals surface area contributed by atoms with Crippen molar-refractivity contribution in [2.75, 3.05) is 0 Å². The summed E-state index contributed by atoms with van der Waals surface area (Å²) < 4.78 is 3.87. The Morgan fingerprint density at radius 1 is 1.41 bits per heavy atom. The molecule has 0 fully saturated rings. The fourth-order valence-electron chi connectivity index (χ4n) is 1.38. The largest absolute Gasteiger partial charge is 0.311 e. The molecule has 3 aromatic rings. The van der Waals surface area contributed by atoms with Gasteiger partial charge in [0.15, 0.2) is 9.50 Å². The number of halogens is 1. The maximum atomic E-state index is 6.09. The zero-order valence-electron chi connectivity index (χ0n) is 8.79. The average Bonchev–Trinajstić information content (AvgIpc) is 2.87. The Hall–Kier alpha value is -1.11. The minimum Gasteiger partial charge on any atom is -0.311 e. The topological polar surface area (TPSA) is 43.6 Å². The second-order valence-corrected chi connectivity index (χ2v) is 6.05. The molecule has 0 amide bonds. The van der Waals surface area contributed by atoms with Crippen molar-refractivity contribution in [1.29, 1.82) is 0 Å². The summed E-state index contributed by atoms with van der Waals surface area (Å²) in [4.78, 5) is 4.50. The van der Waals surface area contributed by atoms with Crippen molar-refractivity contribution in [1.82, 2.24) is 19.7 Å². The van der Waals surface area contributed by atoms with Gasteiger partial charge in [0.25, 0.3) is 0 Å². The number of fused-ring (bicyclic) bond motifs is 1. The highest BCUT2D eigenvalue weighted by Crippen LogP contribution is 2.35. The second-order valence-electron chi connectivity index (χ2n) is 3.39. The predicted molar refractivity (Wildman–Crippen MR) is 69.8 cm³/mol. The lowest BCUT2D eigenvalue weighted by Gasteiger charge is -1.94. The van der Waals surface area contributed by atoms with Gasteiger partial charge in [-0.2, -0.15) is 0 Å². The van der Waals surface area contributed by atoms with Crippen molar-refractivity contribution < 1.29 is 0 Å². The van der Waals surface area contributed by atoms with Crippen LogP contribution in [0.2, 0.25) is 5.02 Å². The Morgan fingerprint density at radius 3 is 3.00 bits per heavy atom. The van der Waals surface area contributed by atoms with Crippen molar-refractivity contribution in [3.05, 3.63) is 29.5 Å². The summed E-state index contributed by atoms with van der Waals surface area (Å²) in [6, 6.07) is 5.79. The first-order valence-corrected chi connectivity index (χ1v) is 6.82. The molecule has 17 heavy (non-hydrogen) atoms. The van der Waals surface area contributed by atoms with Crippen molar-refractivity contribution in [3.8, 4) is 0 Å². The first-order valence-electron chi connectivity index (χ1n) is 4.81. The number of nitrogens with zero attached hydrogens (tertiary/aromatic N) is 4. The number of para-hydroxylation sites is 1. The third-order valence-electron chi connectivity index (χ3n) is 2.20. The molecule has 86 valence electrons. The minimum absolute atomic E-state index is 0.684. The van der Waals surface area contributed by atoms with Gasteiger partial charge in [0, 0.05) is 7.05 Å². The van der Waals surface area contributed by atoms with E-state index in [0.29, 0.717) is 5.02 Å². The molecule has 0 N–H and O–H groups in total. The Bertz CT molecular complexity index is 676. The van der Waals surface area contributed by atoms with E-state index in [1.54, 1.807) is 17.7 Å². The van der Waals surface area contributed by atoms with E-state index < -0.39 is 0 Å². The van der Waals surface area contributed by atoms with E-state index in [4.69, 9.17) is 11.6 Å². The van der Waals surface area contributed by atoms with Crippen LogP contribution in [0.4, 0.5) is 0 Å². The zero-order valence-corrected chi connectivity index (χ0v) is 11.2. The highest BCUT2D eigenvalue weighted by atomic mass is 35.5. The lowest BCUT2D eigenvalue weighted by Crippen LogP contribution is -1.87. The number of hydrogen-bond acceptors (Lipinski definition) is 5. The van der Waals surface area contributed by atoms with Crippen LogP contribution < -0.4 is 0 Å². The molecule has 0 saturated heterocycles. The van der Waals surface area contributed by atoms with Crippen LogP contribution in [-0.2, 0) is 7.05 Å². The molecule has 0 unspecified atom stereocenters. The quantitative estimate of drug-likeness (QED) is 0.724. The maximum absolute atomic E-state index is 6.09. The molecule has 0 saturated carbocycles. The van der Waals surface area contributed by atoms with Gasteiger partial charge in [-0.05, 0) is 23.9 Å². The summed E-state index contributed by atoms with van der Waals surface area (Å²) in [6.45, 7) is 0. The summed E-state index contributed by atoms with van der Waals surface area (Å²) in [5.74, 6) is 0. The molecule has 0 aliphatic heterocycles. The second kappa shape index (κ2) is 4.29. The Morgan fingerprint density at radius 2 is 2.29 bits per heavy atom. The molecular formula is C10H7ClN4S2. The van der Waals surface area contributed by atoms with Crippen LogP contribution >= 0.6 is 34.7 Å². The van der Waals surface area contributed by atoms with Crippen molar-refractivity contribution in [2.24, 2.45) is 7.05 Å². The fraction of sp³-hybridized carbons (Fsp3) is 0.100. The normalized spacial score (nSPS) is 11.2. The SMILES string of the molecule is Cn1cnnc1Sc1nc2c(Cl)cccc2s1. The van der Waals surface area contributed by atoms with E-state index >= 15 is 0 Å². The summed E-state index contributed by atoms with van der Waals surface area (Å²) in [7, 11) is 1.91. The predicted octanol–water partition coefficient (Wildman–Crippen LogP) is 3.23. The zero-order chi connectivity index (χ0) is 11.8. The van der Waals surface area contributed by atoms with Crippen LogP contribution in [0.15, 0.2) is 34.0 Å². The number of thiazole rings is 1. The Kier molecular flexibility index (Phi) is 2.78. The number of aromatic nitrogens is 4. The molecular weight excluding hydrogens is 276 g/mol. The molecule has 0 atom stereocenters. The van der Waals surface area contributed by atoms with Crippen molar-refractivity contribution in [3.63, 3.8) is 0 Å². The lowest BCUT2D eigenvalue weighted by atomic mass is 10.3. The van der Waals surface area contributed by atoms with Gasteiger partial charge in [0.05, 0.1) is 9.72 Å². The molecule has 0 aliphatic rings. The molecule has 1 aromatic carbocycles. The van der Waals surface area contributed by atoms with E-state index in [-0.39, 0.29) is 0 Å². The van der Waals surface area contributed by atoms with Crippen LogP contribution in [0, 0.1) is 0 Å². The van der Waals surface area contributed by atoms with Gasteiger partial charge < -0.3 is 4.57 Å². The minimum atomic E-state index is 0.684. The fourth-order valence-corrected chi connectivity index (χ4v) is 3.61. The Labute approximate surface area is 111 Å². The van der Waals surface area contributed by atoms with Gasteiger partial charge in [-0.15, -0.1) is 21.5 Å². The van der Waals surface area contributed by atoms with Gasteiger partial charge in [-0.3, -0.25) is 0 Å². The first-order chi connectivity index (χ1) is 8.24. The molecule has 3 rings (SSSR count). The molecule has 0 radical (unpaired) electrons. The molecule has 2 heterocycles. The number of rotatable bonds is 2. The van der Waals surface area contributed by atoms with Crippen LogP contribution in [0.1, 0.15) is 0 Å². The van der Waals surface area contributed by atoms with E-state index in [9.17, 15) is 0 Å². The van der Waals surface area contributed by atoms with Crippen LogP contribution in [-0.4, -0.2) is 19.7 Å².